The van der Waals surface area contributed by atoms with E-state index in [0.29, 0.717) is 34.0 Å². The molecule has 0 aromatic heterocycles. The van der Waals surface area contributed by atoms with E-state index < -0.39 is 0 Å². The molecule has 3 aromatic carbocycles. The molecule has 0 atom stereocenters. The highest BCUT2D eigenvalue weighted by Gasteiger charge is 2.14. The minimum atomic E-state index is -0.322. The van der Waals surface area contributed by atoms with Crippen LogP contribution >= 0.6 is 0 Å². The van der Waals surface area contributed by atoms with Crippen LogP contribution in [0.1, 0.15) is 34.6 Å². The van der Waals surface area contributed by atoms with Gasteiger partial charge in [-0.3, -0.25) is 9.59 Å². The van der Waals surface area contributed by atoms with Gasteiger partial charge in [-0.2, -0.15) is 0 Å². The van der Waals surface area contributed by atoms with Crippen LogP contribution in [0, 0.1) is 0 Å². The van der Waals surface area contributed by atoms with Crippen LogP contribution in [0.5, 0.6) is 11.5 Å². The van der Waals surface area contributed by atoms with E-state index in [1.165, 1.54) is 0 Å². The van der Waals surface area contributed by atoms with Gasteiger partial charge in [0.1, 0.15) is 11.5 Å². The highest BCUT2D eigenvalue weighted by atomic mass is 16.5. The van der Waals surface area contributed by atoms with Crippen LogP contribution in [-0.4, -0.2) is 25.0 Å². The zero-order chi connectivity index (χ0) is 21.5. The van der Waals surface area contributed by atoms with Gasteiger partial charge in [0.25, 0.3) is 11.8 Å². The Kier molecular flexibility index (Phi) is 6.70. The molecule has 2 N–H and O–H groups in total. The average Bonchev–Trinajstić information content (AvgIpc) is 2.74. The molecule has 0 saturated heterocycles. The molecule has 0 saturated carbocycles. The summed E-state index contributed by atoms with van der Waals surface area (Å²) in [5.41, 5.74) is 1.89. The topological polar surface area (TPSA) is 76.7 Å². The van der Waals surface area contributed by atoms with Crippen molar-refractivity contribution >= 4 is 23.2 Å². The first-order valence-electron chi connectivity index (χ1n) is 9.59. The molecule has 6 nitrogen and oxygen atoms in total. The molecule has 0 bridgehead atoms. The Bertz CT molecular complexity index is 1010. The highest BCUT2D eigenvalue weighted by molar-refractivity contribution is 6.12. The van der Waals surface area contributed by atoms with Gasteiger partial charge in [-0.15, -0.1) is 0 Å². The molecule has 0 fully saturated rings. The third kappa shape index (κ3) is 5.38. The lowest BCUT2D eigenvalue weighted by Crippen LogP contribution is -2.18. The summed E-state index contributed by atoms with van der Waals surface area (Å²) in [6, 6.07) is 20.7. The molecule has 0 radical (unpaired) electrons. The van der Waals surface area contributed by atoms with E-state index >= 15 is 0 Å². The first kappa shape index (κ1) is 20.9. The number of hydrogen-bond acceptors (Lipinski definition) is 4. The Hall–Kier alpha value is -3.80. The Morgan fingerprint density at radius 1 is 0.767 bits per heavy atom. The number of hydrogen-bond donors (Lipinski definition) is 2. The smallest absolute Gasteiger partial charge is 0.257 e. The number of nitrogens with one attached hydrogen (secondary N) is 2. The van der Waals surface area contributed by atoms with Crippen molar-refractivity contribution in [1.82, 2.24) is 0 Å². The maximum Gasteiger partial charge on any atom is 0.257 e. The van der Waals surface area contributed by atoms with Gasteiger partial charge in [-0.25, -0.2) is 0 Å². The zero-order valence-corrected chi connectivity index (χ0v) is 17.1. The quantitative estimate of drug-likeness (QED) is 0.582. The maximum absolute atomic E-state index is 12.7. The maximum atomic E-state index is 12.7. The van der Waals surface area contributed by atoms with Gasteiger partial charge in [-0.05, 0) is 74.5 Å². The minimum absolute atomic E-state index is 0.0563. The number of carbonyl (C=O) groups excluding carboxylic acids is 2. The summed E-state index contributed by atoms with van der Waals surface area (Å²) in [5, 5.41) is 5.64. The van der Waals surface area contributed by atoms with Crippen molar-refractivity contribution in [1.29, 1.82) is 0 Å². The van der Waals surface area contributed by atoms with Gasteiger partial charge in [0, 0.05) is 11.3 Å². The third-order valence-electron chi connectivity index (χ3n) is 4.26. The van der Waals surface area contributed by atoms with Gasteiger partial charge >= 0.3 is 0 Å². The van der Waals surface area contributed by atoms with Crippen LogP contribution in [-0.2, 0) is 0 Å². The van der Waals surface area contributed by atoms with Crippen molar-refractivity contribution in [3.05, 3.63) is 83.9 Å². The second-order valence-corrected chi connectivity index (χ2v) is 6.87. The Morgan fingerprint density at radius 2 is 1.40 bits per heavy atom. The normalized spacial score (nSPS) is 10.4. The van der Waals surface area contributed by atoms with Crippen LogP contribution in [0.25, 0.3) is 0 Å². The lowest BCUT2D eigenvalue weighted by molar-refractivity contribution is 0.102. The van der Waals surface area contributed by atoms with Crippen molar-refractivity contribution in [3.63, 3.8) is 0 Å². The van der Waals surface area contributed by atoms with Crippen LogP contribution in [0.3, 0.4) is 0 Å². The summed E-state index contributed by atoms with van der Waals surface area (Å²) in [6.07, 6.45) is 0.0563. The van der Waals surface area contributed by atoms with Gasteiger partial charge in [0.15, 0.2) is 0 Å². The van der Waals surface area contributed by atoms with Crippen molar-refractivity contribution < 1.29 is 19.1 Å². The molecule has 0 aliphatic heterocycles. The molecule has 2 amide bonds. The fraction of sp³-hybridized carbons (Fsp3) is 0.167. The molecular weight excluding hydrogens is 380 g/mol. The molecule has 0 heterocycles. The van der Waals surface area contributed by atoms with E-state index in [1.54, 1.807) is 79.9 Å². The number of methoxy groups -OCH3 is 1. The van der Waals surface area contributed by atoms with E-state index in [2.05, 4.69) is 10.6 Å². The van der Waals surface area contributed by atoms with Crippen LogP contribution in [0.4, 0.5) is 11.4 Å². The third-order valence-corrected chi connectivity index (χ3v) is 4.26. The predicted octanol–water partition coefficient (Wildman–Crippen LogP) is 4.99. The Morgan fingerprint density at radius 3 is 2.03 bits per heavy atom. The molecule has 30 heavy (non-hydrogen) atoms. The number of rotatable bonds is 7. The van der Waals surface area contributed by atoms with E-state index in [4.69, 9.17) is 9.47 Å². The van der Waals surface area contributed by atoms with E-state index in [0.717, 1.165) is 0 Å². The SMILES string of the molecule is COc1ccc(NC(=O)c2ccccc2NC(=O)c2ccc(OC(C)C)cc2)cc1. The van der Waals surface area contributed by atoms with E-state index in [1.807, 2.05) is 13.8 Å². The summed E-state index contributed by atoms with van der Waals surface area (Å²) in [4.78, 5) is 25.4. The monoisotopic (exact) mass is 404 g/mol. The molecule has 3 rings (SSSR count). The first-order chi connectivity index (χ1) is 14.5. The summed E-state index contributed by atoms with van der Waals surface area (Å²) in [7, 11) is 1.58. The largest absolute Gasteiger partial charge is 0.497 e. The summed E-state index contributed by atoms with van der Waals surface area (Å²) in [6.45, 7) is 3.88. The molecule has 0 unspecified atom stereocenters. The average molecular weight is 404 g/mol. The number of benzene rings is 3. The Labute approximate surface area is 175 Å². The lowest BCUT2D eigenvalue weighted by Gasteiger charge is -2.13. The highest BCUT2D eigenvalue weighted by Crippen LogP contribution is 2.21. The van der Waals surface area contributed by atoms with Crippen molar-refractivity contribution in [2.45, 2.75) is 20.0 Å². The number of carbonyl (C=O) groups is 2. The first-order valence-corrected chi connectivity index (χ1v) is 9.59. The van der Waals surface area contributed by atoms with Crippen molar-refractivity contribution in [3.8, 4) is 11.5 Å². The number of ether oxygens (including phenoxy) is 2. The molecular formula is C24H24N2O4. The Balaban J connectivity index is 1.72. The van der Waals surface area contributed by atoms with Gasteiger partial charge in [0.2, 0.25) is 0 Å². The predicted molar refractivity (Wildman–Crippen MR) is 118 cm³/mol. The van der Waals surface area contributed by atoms with E-state index in [-0.39, 0.29) is 17.9 Å². The zero-order valence-electron chi connectivity index (χ0n) is 17.1. The summed E-state index contributed by atoms with van der Waals surface area (Å²) in [5.74, 6) is 0.763. The summed E-state index contributed by atoms with van der Waals surface area (Å²) >= 11 is 0. The molecule has 0 spiro atoms. The van der Waals surface area contributed by atoms with E-state index in [9.17, 15) is 9.59 Å². The standard InChI is InChI=1S/C24H24N2O4/c1-16(2)30-20-12-8-17(9-13-20)23(27)26-22-7-5-4-6-21(22)24(28)25-18-10-14-19(29-3)15-11-18/h4-16H,1-3H3,(H,25,28)(H,26,27). The van der Waals surface area contributed by atoms with Gasteiger partial charge in [-0.1, -0.05) is 12.1 Å². The minimum Gasteiger partial charge on any atom is -0.497 e. The number of anilines is 2. The van der Waals surface area contributed by atoms with Gasteiger partial charge in [0.05, 0.1) is 24.5 Å². The fourth-order valence-electron chi connectivity index (χ4n) is 2.81. The molecule has 0 aliphatic rings. The van der Waals surface area contributed by atoms with Crippen LogP contribution in [0.2, 0.25) is 0 Å². The second kappa shape index (κ2) is 9.60. The molecule has 154 valence electrons. The lowest BCUT2D eigenvalue weighted by atomic mass is 10.1. The van der Waals surface area contributed by atoms with Crippen LogP contribution < -0.4 is 20.1 Å². The number of para-hydroxylation sites is 1. The second-order valence-electron chi connectivity index (χ2n) is 6.87. The number of amides is 2. The molecule has 0 aliphatic carbocycles. The molecule has 3 aromatic rings. The van der Waals surface area contributed by atoms with Crippen LogP contribution in [0.15, 0.2) is 72.8 Å². The van der Waals surface area contributed by atoms with Gasteiger partial charge < -0.3 is 20.1 Å². The molecule has 6 heteroatoms. The van der Waals surface area contributed by atoms with Crippen molar-refractivity contribution in [2.75, 3.05) is 17.7 Å². The fourth-order valence-corrected chi connectivity index (χ4v) is 2.81. The van der Waals surface area contributed by atoms with Crippen molar-refractivity contribution in [2.24, 2.45) is 0 Å². The summed E-state index contributed by atoms with van der Waals surface area (Å²) < 4.78 is 10.7.